The van der Waals surface area contributed by atoms with Crippen molar-refractivity contribution in [3.8, 4) is 11.3 Å². The van der Waals surface area contributed by atoms with Crippen LogP contribution in [0.4, 0.5) is 0 Å². The molecule has 1 aromatic carbocycles. The van der Waals surface area contributed by atoms with Gasteiger partial charge in [0.2, 0.25) is 0 Å². The fraction of sp³-hybridized carbons (Fsp3) is 0.100. The molecule has 3 heteroatoms. The smallest absolute Gasteiger partial charge is 0.115 e. The quantitative estimate of drug-likeness (QED) is 0.665. The Bertz CT molecular complexity index is 403. The molecule has 0 spiro atoms. The first-order chi connectivity index (χ1) is 6.29. The highest BCUT2D eigenvalue weighted by Crippen LogP contribution is 2.19. The Balaban J connectivity index is 2.53. The van der Waals surface area contributed by atoms with Crippen molar-refractivity contribution in [1.29, 1.82) is 0 Å². The molecule has 66 valence electrons. The highest BCUT2D eigenvalue weighted by Gasteiger charge is 2.05. The highest BCUT2D eigenvalue weighted by atomic mass is 15.3. The highest BCUT2D eigenvalue weighted by molar-refractivity contribution is 5.61. The minimum Gasteiger partial charge on any atom is -0.338 e. The normalized spacial score (nSPS) is 10.2. The second-order valence-electron chi connectivity index (χ2n) is 2.95. The van der Waals surface area contributed by atoms with E-state index in [9.17, 15) is 0 Å². The van der Waals surface area contributed by atoms with Gasteiger partial charge >= 0.3 is 0 Å². The summed E-state index contributed by atoms with van der Waals surface area (Å²) in [6, 6.07) is 10.0. The van der Waals surface area contributed by atoms with Crippen molar-refractivity contribution in [3.05, 3.63) is 42.4 Å². The summed E-state index contributed by atoms with van der Waals surface area (Å²) in [6.45, 7) is 1.95. The third-order valence-electron chi connectivity index (χ3n) is 2.09. The average molecular weight is 173 g/mol. The number of nitrogens with zero attached hydrogens (tertiary/aromatic N) is 2. The van der Waals surface area contributed by atoms with Gasteiger partial charge in [-0.3, -0.25) is 4.68 Å². The number of benzene rings is 1. The molecule has 0 aliphatic rings. The van der Waals surface area contributed by atoms with Crippen LogP contribution in [0.1, 0.15) is 5.69 Å². The van der Waals surface area contributed by atoms with Gasteiger partial charge in [0, 0.05) is 5.56 Å². The van der Waals surface area contributed by atoms with Gasteiger partial charge in [0.05, 0.1) is 11.4 Å². The Morgan fingerprint density at radius 3 is 2.46 bits per heavy atom. The molecule has 13 heavy (non-hydrogen) atoms. The van der Waals surface area contributed by atoms with Gasteiger partial charge in [0.1, 0.15) is 6.33 Å². The lowest BCUT2D eigenvalue weighted by Gasteiger charge is -1.98. The molecule has 0 aliphatic carbocycles. The Hall–Kier alpha value is -1.77. The first-order valence-electron chi connectivity index (χ1n) is 4.13. The summed E-state index contributed by atoms with van der Waals surface area (Å²) in [5, 5.41) is 0. The zero-order valence-electron chi connectivity index (χ0n) is 7.44. The van der Waals surface area contributed by atoms with Crippen molar-refractivity contribution in [3.63, 3.8) is 0 Å². The van der Waals surface area contributed by atoms with Crippen molar-refractivity contribution in [2.75, 3.05) is 5.84 Å². The van der Waals surface area contributed by atoms with E-state index in [1.807, 2.05) is 37.3 Å². The molecule has 3 nitrogen and oxygen atoms in total. The number of hydrogen-bond acceptors (Lipinski definition) is 2. The molecular formula is C10H11N3. The second-order valence-corrected chi connectivity index (χ2v) is 2.95. The standard InChI is InChI=1S/C10H11N3/c1-8-10(12-7-13(8)11)9-5-3-2-4-6-9/h2-7H,11H2,1H3. The average Bonchev–Trinajstić information content (AvgIpc) is 2.49. The van der Waals surface area contributed by atoms with Crippen LogP contribution >= 0.6 is 0 Å². The summed E-state index contributed by atoms with van der Waals surface area (Å²) in [4.78, 5) is 4.22. The Morgan fingerprint density at radius 1 is 1.23 bits per heavy atom. The van der Waals surface area contributed by atoms with Gasteiger partial charge in [0.25, 0.3) is 0 Å². The van der Waals surface area contributed by atoms with Crippen LogP contribution in [0.3, 0.4) is 0 Å². The van der Waals surface area contributed by atoms with Crippen LogP contribution in [0.2, 0.25) is 0 Å². The molecule has 1 heterocycles. The summed E-state index contributed by atoms with van der Waals surface area (Å²) >= 11 is 0. The first-order valence-corrected chi connectivity index (χ1v) is 4.13. The fourth-order valence-corrected chi connectivity index (χ4v) is 1.30. The molecule has 0 atom stereocenters. The van der Waals surface area contributed by atoms with E-state index >= 15 is 0 Å². The summed E-state index contributed by atoms with van der Waals surface area (Å²) in [7, 11) is 0. The zero-order chi connectivity index (χ0) is 9.26. The van der Waals surface area contributed by atoms with Crippen LogP contribution in [0, 0.1) is 6.92 Å². The van der Waals surface area contributed by atoms with Gasteiger partial charge in [-0.1, -0.05) is 30.3 Å². The lowest BCUT2D eigenvalue weighted by atomic mass is 10.1. The molecule has 0 saturated heterocycles. The molecular weight excluding hydrogens is 162 g/mol. The van der Waals surface area contributed by atoms with Crippen molar-refractivity contribution in [1.82, 2.24) is 9.66 Å². The third-order valence-corrected chi connectivity index (χ3v) is 2.09. The lowest BCUT2D eigenvalue weighted by molar-refractivity contribution is 0.952. The molecule has 0 unspecified atom stereocenters. The Morgan fingerprint density at radius 2 is 1.92 bits per heavy atom. The molecule has 0 radical (unpaired) electrons. The van der Waals surface area contributed by atoms with E-state index in [0.29, 0.717) is 0 Å². The molecule has 0 bridgehead atoms. The Labute approximate surface area is 76.8 Å². The Kier molecular flexibility index (Phi) is 1.77. The van der Waals surface area contributed by atoms with Crippen LogP contribution in [-0.2, 0) is 0 Å². The number of hydrogen-bond donors (Lipinski definition) is 1. The summed E-state index contributed by atoms with van der Waals surface area (Å²) in [5.74, 6) is 5.63. The van der Waals surface area contributed by atoms with Crippen LogP contribution in [0.5, 0.6) is 0 Å². The first kappa shape index (κ1) is 7.86. The number of aromatic nitrogens is 2. The molecule has 1 aromatic heterocycles. The third kappa shape index (κ3) is 1.28. The molecule has 2 rings (SSSR count). The number of imidazole rings is 1. The fourth-order valence-electron chi connectivity index (χ4n) is 1.30. The maximum absolute atomic E-state index is 5.63. The summed E-state index contributed by atoms with van der Waals surface area (Å²) in [6.07, 6.45) is 1.62. The van der Waals surface area contributed by atoms with E-state index in [2.05, 4.69) is 4.98 Å². The predicted molar refractivity (Wildman–Crippen MR) is 52.6 cm³/mol. The van der Waals surface area contributed by atoms with Crippen LogP contribution in [-0.4, -0.2) is 9.66 Å². The van der Waals surface area contributed by atoms with Gasteiger partial charge in [-0.05, 0) is 6.92 Å². The van der Waals surface area contributed by atoms with E-state index in [1.165, 1.54) is 4.68 Å². The van der Waals surface area contributed by atoms with Crippen LogP contribution in [0.25, 0.3) is 11.3 Å². The topological polar surface area (TPSA) is 43.8 Å². The predicted octanol–water partition coefficient (Wildman–Crippen LogP) is 1.57. The van der Waals surface area contributed by atoms with Gasteiger partial charge in [-0.15, -0.1) is 0 Å². The van der Waals surface area contributed by atoms with Crippen molar-refractivity contribution < 1.29 is 0 Å². The monoisotopic (exact) mass is 173 g/mol. The minimum atomic E-state index is 0.947. The van der Waals surface area contributed by atoms with Crippen LogP contribution < -0.4 is 5.84 Å². The van der Waals surface area contributed by atoms with Crippen molar-refractivity contribution in [2.24, 2.45) is 0 Å². The molecule has 0 aliphatic heterocycles. The summed E-state index contributed by atoms with van der Waals surface area (Å²) < 4.78 is 1.53. The van der Waals surface area contributed by atoms with Crippen LogP contribution in [0.15, 0.2) is 36.7 Å². The number of nitrogens with two attached hydrogens (primary N) is 1. The minimum absolute atomic E-state index is 0.947. The lowest BCUT2D eigenvalue weighted by Crippen LogP contribution is -2.07. The zero-order valence-corrected chi connectivity index (χ0v) is 7.44. The number of nitrogen functional groups attached to an aromatic ring is 1. The van der Waals surface area contributed by atoms with Crippen molar-refractivity contribution in [2.45, 2.75) is 6.92 Å². The van der Waals surface area contributed by atoms with E-state index < -0.39 is 0 Å². The van der Waals surface area contributed by atoms with Gasteiger partial charge in [-0.2, -0.15) is 0 Å². The molecule has 0 amide bonds. The van der Waals surface area contributed by atoms with Gasteiger partial charge in [-0.25, -0.2) is 4.98 Å². The van der Waals surface area contributed by atoms with E-state index in [1.54, 1.807) is 6.33 Å². The molecule has 2 N–H and O–H groups in total. The summed E-state index contributed by atoms with van der Waals surface area (Å²) in [5.41, 5.74) is 3.03. The molecule has 0 saturated carbocycles. The van der Waals surface area contributed by atoms with Crippen molar-refractivity contribution >= 4 is 0 Å². The molecule has 0 fully saturated rings. The SMILES string of the molecule is Cc1c(-c2ccccc2)ncn1N. The molecule has 2 aromatic rings. The van der Waals surface area contributed by atoms with E-state index in [-0.39, 0.29) is 0 Å². The van der Waals surface area contributed by atoms with E-state index in [4.69, 9.17) is 5.84 Å². The maximum Gasteiger partial charge on any atom is 0.115 e. The van der Waals surface area contributed by atoms with Gasteiger partial charge < -0.3 is 5.84 Å². The second kappa shape index (κ2) is 2.94. The largest absolute Gasteiger partial charge is 0.338 e. The van der Waals surface area contributed by atoms with E-state index in [0.717, 1.165) is 17.0 Å². The maximum atomic E-state index is 5.63. The van der Waals surface area contributed by atoms with Gasteiger partial charge in [0.15, 0.2) is 0 Å². The number of rotatable bonds is 1.